The van der Waals surface area contributed by atoms with Gasteiger partial charge in [0.2, 0.25) is 5.16 Å². The molecule has 1 fully saturated rings. The van der Waals surface area contributed by atoms with Crippen LogP contribution >= 0.6 is 27.7 Å². The maximum absolute atomic E-state index is 12.1. The summed E-state index contributed by atoms with van der Waals surface area (Å²) in [5.41, 5.74) is 1.26. The van der Waals surface area contributed by atoms with Crippen molar-refractivity contribution in [3.05, 3.63) is 44.9 Å². The molecule has 3 aromatic rings. The summed E-state index contributed by atoms with van der Waals surface area (Å²) in [6.45, 7) is 0. The molecule has 0 radical (unpaired) electrons. The van der Waals surface area contributed by atoms with Gasteiger partial charge in [0.1, 0.15) is 5.65 Å². The second kappa shape index (κ2) is 5.47. The molecule has 0 amide bonds. The van der Waals surface area contributed by atoms with E-state index in [2.05, 4.69) is 36.4 Å². The van der Waals surface area contributed by atoms with Crippen LogP contribution in [0.25, 0.3) is 5.65 Å². The Labute approximate surface area is 137 Å². The number of rotatable bonds is 4. The van der Waals surface area contributed by atoms with Gasteiger partial charge in [-0.3, -0.25) is 9.20 Å². The molecule has 0 unspecified atom stereocenters. The minimum absolute atomic E-state index is 0.0938. The van der Waals surface area contributed by atoms with Crippen LogP contribution in [0.15, 0.2) is 38.8 Å². The van der Waals surface area contributed by atoms with Crippen LogP contribution < -0.4 is 5.56 Å². The number of hydrogen-bond donors (Lipinski definition) is 0. The normalized spacial score (nSPS) is 14.6. The fourth-order valence-corrected chi connectivity index (χ4v) is 3.34. The van der Waals surface area contributed by atoms with Crippen LogP contribution in [0, 0.1) is 0 Å². The summed E-state index contributed by atoms with van der Waals surface area (Å²) in [6, 6.07) is 5.67. The molecule has 1 aliphatic rings. The molecule has 1 saturated carbocycles. The van der Waals surface area contributed by atoms with Crippen LogP contribution in [0.2, 0.25) is 0 Å². The predicted molar refractivity (Wildman–Crippen MR) is 84.8 cm³/mol. The van der Waals surface area contributed by atoms with Crippen molar-refractivity contribution in [3.8, 4) is 0 Å². The minimum atomic E-state index is -0.0938. The van der Waals surface area contributed by atoms with E-state index >= 15 is 0 Å². The molecule has 1 aliphatic carbocycles. The number of aromatic nitrogens is 6. The van der Waals surface area contributed by atoms with Crippen LogP contribution in [-0.2, 0) is 5.75 Å². The molecule has 0 spiro atoms. The first-order valence-corrected chi connectivity index (χ1v) is 8.57. The highest BCUT2D eigenvalue weighted by atomic mass is 79.9. The molecule has 0 saturated heterocycles. The van der Waals surface area contributed by atoms with E-state index in [1.165, 1.54) is 16.2 Å². The van der Waals surface area contributed by atoms with Crippen LogP contribution in [-0.4, -0.2) is 29.6 Å². The van der Waals surface area contributed by atoms with Crippen molar-refractivity contribution in [2.45, 2.75) is 29.8 Å². The average Bonchev–Trinajstić information content (AvgIpc) is 3.24. The fraction of sp³-hybridized carbons (Fsp3) is 0.308. The van der Waals surface area contributed by atoms with E-state index in [4.69, 9.17) is 0 Å². The number of hydrogen-bond acceptors (Lipinski definition) is 6. The third kappa shape index (κ3) is 2.66. The number of thioether (sulfide) groups is 1. The number of nitrogens with zero attached hydrogens (tertiary/aromatic N) is 6. The molecular formula is C13H11BrN6OS. The summed E-state index contributed by atoms with van der Waals surface area (Å²) in [4.78, 5) is 16.7. The lowest BCUT2D eigenvalue weighted by Gasteiger charge is -2.05. The Morgan fingerprint density at radius 1 is 1.36 bits per heavy atom. The summed E-state index contributed by atoms with van der Waals surface area (Å²) in [7, 11) is 0. The molecule has 0 N–H and O–H groups in total. The summed E-state index contributed by atoms with van der Waals surface area (Å²) < 4.78 is 4.22. The smallest absolute Gasteiger partial charge is 0.258 e. The lowest BCUT2D eigenvalue weighted by Crippen LogP contribution is -2.15. The van der Waals surface area contributed by atoms with Crippen LogP contribution in [0.4, 0.5) is 0 Å². The molecule has 22 heavy (non-hydrogen) atoms. The van der Waals surface area contributed by atoms with Gasteiger partial charge in [0.25, 0.3) is 5.56 Å². The second-order valence-electron chi connectivity index (χ2n) is 5.09. The zero-order valence-electron chi connectivity index (χ0n) is 11.4. The number of halogens is 1. The molecule has 9 heteroatoms. The van der Waals surface area contributed by atoms with E-state index in [9.17, 15) is 4.79 Å². The van der Waals surface area contributed by atoms with Crippen LogP contribution in [0.1, 0.15) is 24.6 Å². The third-order valence-corrected chi connectivity index (χ3v) is 4.82. The fourth-order valence-electron chi connectivity index (χ4n) is 2.17. The van der Waals surface area contributed by atoms with E-state index in [-0.39, 0.29) is 5.56 Å². The van der Waals surface area contributed by atoms with Gasteiger partial charge < -0.3 is 0 Å². The Bertz CT molecular complexity index is 903. The Morgan fingerprint density at radius 2 is 2.23 bits per heavy atom. The third-order valence-electron chi connectivity index (χ3n) is 3.38. The molecule has 0 aromatic carbocycles. The van der Waals surface area contributed by atoms with Crippen molar-refractivity contribution in [2.75, 3.05) is 0 Å². The topological polar surface area (TPSA) is 78.0 Å². The molecule has 4 rings (SSSR count). The average molecular weight is 379 g/mol. The number of tetrazole rings is 1. The van der Waals surface area contributed by atoms with Crippen molar-refractivity contribution >= 4 is 33.3 Å². The van der Waals surface area contributed by atoms with Gasteiger partial charge in [-0.05, 0) is 51.3 Å². The Hall–Kier alpha value is -1.74. The van der Waals surface area contributed by atoms with Crippen LogP contribution in [0.3, 0.4) is 0 Å². The van der Waals surface area contributed by atoms with Gasteiger partial charge in [-0.25, -0.2) is 9.67 Å². The zero-order chi connectivity index (χ0) is 15.1. The van der Waals surface area contributed by atoms with Gasteiger partial charge in [0.05, 0.1) is 11.7 Å². The highest BCUT2D eigenvalue weighted by Gasteiger charge is 2.27. The Kier molecular flexibility index (Phi) is 3.45. The van der Waals surface area contributed by atoms with Crippen molar-refractivity contribution in [3.63, 3.8) is 0 Å². The molecule has 3 aromatic heterocycles. The van der Waals surface area contributed by atoms with Gasteiger partial charge in [-0.15, -0.1) is 5.10 Å². The van der Waals surface area contributed by atoms with Crippen LogP contribution in [0.5, 0.6) is 0 Å². The van der Waals surface area contributed by atoms with Crippen molar-refractivity contribution in [2.24, 2.45) is 0 Å². The van der Waals surface area contributed by atoms with Gasteiger partial charge in [-0.1, -0.05) is 11.8 Å². The molecule has 3 heterocycles. The van der Waals surface area contributed by atoms with Crippen molar-refractivity contribution in [1.82, 2.24) is 29.6 Å². The van der Waals surface area contributed by atoms with E-state index in [1.54, 1.807) is 12.3 Å². The summed E-state index contributed by atoms with van der Waals surface area (Å²) in [5, 5.41) is 12.5. The first-order valence-electron chi connectivity index (χ1n) is 6.79. The first-order chi connectivity index (χ1) is 10.7. The lowest BCUT2D eigenvalue weighted by atomic mass is 10.4. The van der Waals surface area contributed by atoms with E-state index in [0.29, 0.717) is 17.4 Å². The molecule has 7 nitrogen and oxygen atoms in total. The highest BCUT2D eigenvalue weighted by molar-refractivity contribution is 9.10. The quantitative estimate of drug-likeness (QED) is 0.646. The Morgan fingerprint density at radius 3 is 3.05 bits per heavy atom. The standard InChI is InChI=1S/C13H11BrN6OS/c14-8-1-4-11-15-9(5-12(21)19(11)6-8)7-22-13-16-17-18-20(13)10-2-3-10/h1,4-6,10H,2-3,7H2. The predicted octanol–water partition coefficient (Wildman–Crippen LogP) is 2.07. The molecule has 0 aliphatic heterocycles. The Balaban J connectivity index is 1.60. The highest BCUT2D eigenvalue weighted by Crippen LogP contribution is 2.36. The summed E-state index contributed by atoms with van der Waals surface area (Å²) >= 11 is 4.86. The second-order valence-corrected chi connectivity index (χ2v) is 6.95. The van der Waals surface area contributed by atoms with Crippen molar-refractivity contribution in [1.29, 1.82) is 0 Å². The van der Waals surface area contributed by atoms with Gasteiger partial charge in [-0.2, -0.15) is 0 Å². The zero-order valence-corrected chi connectivity index (χ0v) is 13.8. The first kappa shape index (κ1) is 13.9. The number of fused-ring (bicyclic) bond motifs is 1. The van der Waals surface area contributed by atoms with Gasteiger partial charge in [0, 0.05) is 22.5 Å². The molecule has 0 atom stereocenters. The van der Waals surface area contributed by atoms with E-state index < -0.39 is 0 Å². The summed E-state index contributed by atoms with van der Waals surface area (Å²) in [6.07, 6.45) is 3.97. The van der Waals surface area contributed by atoms with E-state index in [0.717, 1.165) is 28.2 Å². The maximum atomic E-state index is 12.1. The largest absolute Gasteiger partial charge is 0.269 e. The van der Waals surface area contributed by atoms with Crippen molar-refractivity contribution < 1.29 is 0 Å². The van der Waals surface area contributed by atoms with Gasteiger partial charge >= 0.3 is 0 Å². The SMILES string of the molecule is O=c1cc(CSc2nnnn2C2CC2)nc2ccc(Br)cn12. The van der Waals surface area contributed by atoms with E-state index in [1.807, 2.05) is 16.8 Å². The minimum Gasteiger partial charge on any atom is -0.269 e. The lowest BCUT2D eigenvalue weighted by molar-refractivity contribution is 0.565. The monoisotopic (exact) mass is 378 g/mol. The van der Waals surface area contributed by atoms with Gasteiger partial charge in [0.15, 0.2) is 0 Å². The molecule has 112 valence electrons. The maximum Gasteiger partial charge on any atom is 0.258 e. The summed E-state index contributed by atoms with van der Waals surface area (Å²) in [5.74, 6) is 0.564. The molecular weight excluding hydrogens is 368 g/mol. The molecule has 0 bridgehead atoms. The number of pyridine rings is 1.